The monoisotopic (exact) mass is 288 g/mol. The molecule has 3 rings (SSSR count). The van der Waals surface area contributed by atoms with Crippen molar-refractivity contribution in [3.05, 3.63) is 23.7 Å². The van der Waals surface area contributed by atoms with E-state index < -0.39 is 5.91 Å². The molecule has 0 atom stereocenters. The van der Waals surface area contributed by atoms with E-state index in [0.29, 0.717) is 21.8 Å². The third-order valence-electron chi connectivity index (χ3n) is 2.87. The maximum absolute atomic E-state index is 10.9. The summed E-state index contributed by atoms with van der Waals surface area (Å²) >= 11 is 1.24. The highest BCUT2D eigenvalue weighted by molar-refractivity contribution is 8.00. The second-order valence-electron chi connectivity index (χ2n) is 4.47. The summed E-state index contributed by atoms with van der Waals surface area (Å²) < 4.78 is 5.77. The zero-order valence-electron chi connectivity index (χ0n) is 11.0. The van der Waals surface area contributed by atoms with Gasteiger partial charge < -0.3 is 10.2 Å². The van der Waals surface area contributed by atoms with Gasteiger partial charge in [-0.25, -0.2) is 15.0 Å². The van der Waals surface area contributed by atoms with Crippen molar-refractivity contribution >= 4 is 39.9 Å². The van der Waals surface area contributed by atoms with Gasteiger partial charge in [0.25, 0.3) is 0 Å². The molecule has 0 aliphatic rings. The first-order valence-electron chi connectivity index (χ1n) is 5.99. The van der Waals surface area contributed by atoms with Crippen LogP contribution in [0.15, 0.2) is 21.8 Å². The molecular formula is C13H12N4O2S. The number of carbonyl (C=O) groups excluding carboxylic acids is 1. The summed E-state index contributed by atoms with van der Waals surface area (Å²) in [4.78, 5) is 23.7. The molecule has 2 N–H and O–H groups in total. The van der Waals surface area contributed by atoms with Crippen molar-refractivity contribution in [3.63, 3.8) is 0 Å². The van der Waals surface area contributed by atoms with Crippen LogP contribution in [0.3, 0.4) is 0 Å². The quantitative estimate of drug-likeness (QED) is 0.584. The van der Waals surface area contributed by atoms with Crippen LogP contribution in [0.25, 0.3) is 22.2 Å². The molecule has 20 heavy (non-hydrogen) atoms. The van der Waals surface area contributed by atoms with Gasteiger partial charge in [-0.05, 0) is 25.5 Å². The summed E-state index contributed by atoms with van der Waals surface area (Å²) in [7, 11) is 0. The van der Waals surface area contributed by atoms with Gasteiger partial charge in [-0.3, -0.25) is 4.79 Å². The van der Waals surface area contributed by atoms with E-state index in [2.05, 4.69) is 15.0 Å². The molecule has 102 valence electrons. The van der Waals surface area contributed by atoms with Gasteiger partial charge in [0.1, 0.15) is 16.9 Å². The Hall–Kier alpha value is -2.15. The Morgan fingerprint density at radius 2 is 2.20 bits per heavy atom. The van der Waals surface area contributed by atoms with Crippen LogP contribution in [0, 0.1) is 13.8 Å². The van der Waals surface area contributed by atoms with Crippen LogP contribution in [0.5, 0.6) is 0 Å². The Bertz CT molecular complexity index is 828. The number of hydrogen-bond donors (Lipinski definition) is 1. The molecule has 0 bridgehead atoms. The van der Waals surface area contributed by atoms with Gasteiger partial charge in [0.15, 0.2) is 5.58 Å². The maximum atomic E-state index is 10.9. The van der Waals surface area contributed by atoms with Gasteiger partial charge in [0.2, 0.25) is 11.6 Å². The molecule has 7 heteroatoms. The molecule has 3 aromatic heterocycles. The van der Waals surface area contributed by atoms with E-state index in [1.807, 2.05) is 19.9 Å². The topological polar surface area (TPSA) is 94.9 Å². The van der Waals surface area contributed by atoms with Crippen molar-refractivity contribution in [1.82, 2.24) is 15.0 Å². The van der Waals surface area contributed by atoms with E-state index in [1.165, 1.54) is 18.1 Å². The Morgan fingerprint density at radius 3 is 2.95 bits per heavy atom. The van der Waals surface area contributed by atoms with Crippen molar-refractivity contribution in [2.24, 2.45) is 5.73 Å². The number of hydrogen-bond acceptors (Lipinski definition) is 6. The molecule has 0 aliphatic carbocycles. The van der Waals surface area contributed by atoms with E-state index in [-0.39, 0.29) is 5.75 Å². The number of amides is 1. The van der Waals surface area contributed by atoms with Crippen LogP contribution in [0.2, 0.25) is 0 Å². The highest BCUT2D eigenvalue weighted by Gasteiger charge is 2.16. The summed E-state index contributed by atoms with van der Waals surface area (Å²) in [5.74, 6) is -0.253. The lowest BCUT2D eigenvalue weighted by molar-refractivity contribution is -0.115. The van der Waals surface area contributed by atoms with Gasteiger partial charge in [-0.15, -0.1) is 0 Å². The normalized spacial score (nSPS) is 11.3. The lowest BCUT2D eigenvalue weighted by Gasteiger charge is -1.98. The molecule has 3 aromatic rings. The number of nitrogens with zero attached hydrogens (tertiary/aromatic N) is 3. The zero-order chi connectivity index (χ0) is 14.3. The van der Waals surface area contributed by atoms with E-state index in [4.69, 9.17) is 10.2 Å². The average Bonchev–Trinajstić information content (AvgIpc) is 2.74. The summed E-state index contributed by atoms with van der Waals surface area (Å²) in [5.41, 5.74) is 8.90. The average molecular weight is 288 g/mol. The first kappa shape index (κ1) is 12.9. The SMILES string of the molecule is Cc1cc(C)c2c(n1)oc1c(SCC(N)=O)ncnc12. The zero-order valence-corrected chi connectivity index (χ0v) is 11.8. The lowest BCUT2D eigenvalue weighted by Crippen LogP contribution is -2.13. The first-order valence-corrected chi connectivity index (χ1v) is 6.97. The number of aryl methyl sites for hydroxylation is 2. The third-order valence-corrected chi connectivity index (χ3v) is 3.86. The van der Waals surface area contributed by atoms with Crippen molar-refractivity contribution in [2.75, 3.05) is 5.75 Å². The lowest BCUT2D eigenvalue weighted by atomic mass is 10.1. The van der Waals surface area contributed by atoms with Crippen LogP contribution < -0.4 is 5.73 Å². The fourth-order valence-electron chi connectivity index (χ4n) is 2.13. The predicted molar refractivity (Wildman–Crippen MR) is 76.5 cm³/mol. The number of furan rings is 1. The number of fused-ring (bicyclic) bond motifs is 3. The van der Waals surface area contributed by atoms with Crippen LogP contribution in [-0.2, 0) is 4.79 Å². The number of carbonyl (C=O) groups is 1. The van der Waals surface area contributed by atoms with E-state index in [0.717, 1.165) is 16.6 Å². The van der Waals surface area contributed by atoms with Crippen LogP contribution in [-0.4, -0.2) is 26.6 Å². The number of pyridine rings is 1. The van der Waals surface area contributed by atoms with Gasteiger partial charge in [-0.2, -0.15) is 0 Å². The number of aromatic nitrogens is 3. The number of primary amides is 1. The number of nitrogens with two attached hydrogens (primary N) is 1. The fraction of sp³-hybridized carbons (Fsp3) is 0.231. The fourth-order valence-corrected chi connectivity index (χ4v) is 2.80. The molecule has 0 aromatic carbocycles. The minimum absolute atomic E-state index is 0.147. The van der Waals surface area contributed by atoms with E-state index in [9.17, 15) is 4.79 Å². The van der Waals surface area contributed by atoms with Crippen molar-refractivity contribution in [1.29, 1.82) is 0 Å². The van der Waals surface area contributed by atoms with Crippen molar-refractivity contribution < 1.29 is 9.21 Å². The number of thioether (sulfide) groups is 1. The van der Waals surface area contributed by atoms with Gasteiger partial charge in [-0.1, -0.05) is 11.8 Å². The molecule has 6 nitrogen and oxygen atoms in total. The first-order chi connectivity index (χ1) is 9.56. The Morgan fingerprint density at radius 1 is 1.40 bits per heavy atom. The van der Waals surface area contributed by atoms with Gasteiger partial charge in [0, 0.05) is 5.69 Å². The van der Waals surface area contributed by atoms with Crippen molar-refractivity contribution in [2.45, 2.75) is 18.9 Å². The van der Waals surface area contributed by atoms with Crippen LogP contribution >= 0.6 is 11.8 Å². The molecule has 0 saturated carbocycles. The highest BCUT2D eigenvalue weighted by atomic mass is 32.2. The van der Waals surface area contributed by atoms with Gasteiger partial charge in [0.05, 0.1) is 11.1 Å². The Balaban J connectivity index is 2.25. The van der Waals surface area contributed by atoms with E-state index >= 15 is 0 Å². The minimum atomic E-state index is -0.400. The molecule has 0 aliphatic heterocycles. The highest BCUT2D eigenvalue weighted by Crippen LogP contribution is 2.33. The second kappa shape index (κ2) is 4.75. The molecule has 0 unspecified atom stereocenters. The van der Waals surface area contributed by atoms with E-state index in [1.54, 1.807) is 0 Å². The molecule has 0 spiro atoms. The summed E-state index contributed by atoms with van der Waals surface area (Å²) in [6.45, 7) is 3.90. The molecule has 0 fully saturated rings. The maximum Gasteiger partial charge on any atom is 0.229 e. The molecule has 0 saturated heterocycles. The smallest absolute Gasteiger partial charge is 0.229 e. The largest absolute Gasteiger partial charge is 0.433 e. The second-order valence-corrected chi connectivity index (χ2v) is 5.44. The molecule has 1 amide bonds. The van der Waals surface area contributed by atoms with Crippen LogP contribution in [0.4, 0.5) is 0 Å². The standard InChI is InChI=1S/C13H12N4O2S/c1-6-3-7(2)17-12-9(6)10-11(19-12)13(16-5-15-10)20-4-8(14)18/h3,5H,4H2,1-2H3,(H2,14,18). The van der Waals surface area contributed by atoms with Crippen LogP contribution in [0.1, 0.15) is 11.3 Å². The number of rotatable bonds is 3. The minimum Gasteiger partial charge on any atom is -0.433 e. The molecular weight excluding hydrogens is 276 g/mol. The molecule has 0 radical (unpaired) electrons. The Kier molecular flexibility index (Phi) is 3.06. The Labute approximate surface area is 118 Å². The summed E-state index contributed by atoms with van der Waals surface area (Å²) in [5, 5.41) is 1.48. The third kappa shape index (κ3) is 2.09. The predicted octanol–water partition coefficient (Wildman–Crippen LogP) is 1.97. The van der Waals surface area contributed by atoms with Crippen molar-refractivity contribution in [3.8, 4) is 0 Å². The summed E-state index contributed by atoms with van der Waals surface area (Å²) in [6.07, 6.45) is 1.46. The summed E-state index contributed by atoms with van der Waals surface area (Å²) in [6, 6.07) is 1.98. The van der Waals surface area contributed by atoms with Gasteiger partial charge >= 0.3 is 0 Å². The molecule has 3 heterocycles.